The van der Waals surface area contributed by atoms with E-state index in [4.69, 9.17) is 22.1 Å². The smallest absolute Gasteiger partial charge is 0.255 e. The Kier molecular flexibility index (Phi) is 4.58. The molecule has 6 nitrogen and oxygen atoms in total. The van der Waals surface area contributed by atoms with Gasteiger partial charge in [0.2, 0.25) is 0 Å². The van der Waals surface area contributed by atoms with Crippen molar-refractivity contribution in [3.63, 3.8) is 0 Å². The summed E-state index contributed by atoms with van der Waals surface area (Å²) in [4.78, 5) is 20.0. The Morgan fingerprint density at radius 2 is 1.88 bits per heavy atom. The molecule has 0 aliphatic heterocycles. The van der Waals surface area contributed by atoms with Gasteiger partial charge in [-0.25, -0.2) is 9.97 Å². The second kappa shape index (κ2) is 6.97. The van der Waals surface area contributed by atoms with E-state index in [2.05, 4.69) is 15.3 Å². The molecule has 3 aromatic rings. The third-order valence-corrected chi connectivity index (χ3v) is 3.27. The van der Waals surface area contributed by atoms with Crippen LogP contribution in [0.3, 0.4) is 0 Å². The van der Waals surface area contributed by atoms with Gasteiger partial charge in [-0.1, -0.05) is 17.7 Å². The van der Waals surface area contributed by atoms with E-state index in [9.17, 15) is 4.79 Å². The first-order valence-electron chi connectivity index (χ1n) is 7.00. The number of nitrogen functional groups attached to an aromatic ring is 1. The monoisotopic (exact) mass is 340 g/mol. The highest BCUT2D eigenvalue weighted by molar-refractivity contribution is 6.31. The lowest BCUT2D eigenvalue weighted by Gasteiger charge is -2.10. The van der Waals surface area contributed by atoms with Crippen LogP contribution in [-0.2, 0) is 0 Å². The van der Waals surface area contributed by atoms with E-state index in [1.165, 1.54) is 18.7 Å². The van der Waals surface area contributed by atoms with Crippen LogP contribution in [0.2, 0.25) is 5.02 Å². The maximum absolute atomic E-state index is 12.3. The van der Waals surface area contributed by atoms with E-state index >= 15 is 0 Å². The molecule has 3 rings (SSSR count). The number of nitrogens with two attached hydrogens (primary N) is 1. The van der Waals surface area contributed by atoms with E-state index in [0.29, 0.717) is 33.5 Å². The molecule has 0 saturated heterocycles. The number of halogens is 1. The number of amides is 1. The van der Waals surface area contributed by atoms with Gasteiger partial charge < -0.3 is 15.8 Å². The summed E-state index contributed by atoms with van der Waals surface area (Å²) in [6.45, 7) is 0. The first-order valence-corrected chi connectivity index (χ1v) is 7.38. The number of nitrogens with zero attached hydrogens (tertiary/aromatic N) is 2. The zero-order valence-corrected chi connectivity index (χ0v) is 13.2. The number of hydrogen-bond donors (Lipinski definition) is 2. The normalized spacial score (nSPS) is 10.2. The first kappa shape index (κ1) is 15.8. The molecule has 1 aromatic heterocycles. The van der Waals surface area contributed by atoms with E-state index in [-0.39, 0.29) is 5.91 Å². The molecule has 1 amide bonds. The largest absolute Gasteiger partial charge is 0.454 e. The molecule has 0 saturated carbocycles. The van der Waals surface area contributed by atoms with Crippen LogP contribution in [0, 0.1) is 0 Å². The maximum atomic E-state index is 12.3. The van der Waals surface area contributed by atoms with E-state index in [1.807, 2.05) is 0 Å². The second-order valence-corrected chi connectivity index (χ2v) is 5.37. The molecule has 0 radical (unpaired) electrons. The quantitative estimate of drug-likeness (QED) is 0.706. The van der Waals surface area contributed by atoms with Crippen molar-refractivity contribution in [3.05, 3.63) is 71.8 Å². The molecule has 1 heterocycles. The van der Waals surface area contributed by atoms with Crippen LogP contribution in [0.15, 0.2) is 61.2 Å². The van der Waals surface area contributed by atoms with Crippen LogP contribution in [0.1, 0.15) is 10.4 Å². The highest BCUT2D eigenvalue weighted by Crippen LogP contribution is 2.28. The standard InChI is InChI=1S/C17H13ClN4O2/c18-12-5-14(22-17(23)11-2-1-3-13(19)4-11)7-15(6-12)24-16-8-20-10-21-9-16/h1-10H,19H2,(H,22,23). The fraction of sp³-hybridized carbons (Fsp3) is 0. The maximum Gasteiger partial charge on any atom is 0.255 e. The van der Waals surface area contributed by atoms with Crippen LogP contribution >= 0.6 is 11.6 Å². The average Bonchev–Trinajstić information content (AvgIpc) is 2.55. The van der Waals surface area contributed by atoms with Gasteiger partial charge in [-0.2, -0.15) is 0 Å². The molecule has 7 heteroatoms. The minimum atomic E-state index is -0.293. The van der Waals surface area contributed by atoms with Crippen molar-refractivity contribution < 1.29 is 9.53 Å². The third-order valence-electron chi connectivity index (χ3n) is 3.05. The van der Waals surface area contributed by atoms with Crippen LogP contribution in [0.5, 0.6) is 11.5 Å². The summed E-state index contributed by atoms with van der Waals surface area (Å²) in [5, 5.41) is 3.19. The Balaban J connectivity index is 1.80. The molecular formula is C17H13ClN4O2. The molecule has 0 aliphatic rings. The number of ether oxygens (including phenoxy) is 1. The van der Waals surface area contributed by atoms with Crippen molar-refractivity contribution in [2.45, 2.75) is 0 Å². The fourth-order valence-electron chi connectivity index (χ4n) is 2.05. The summed E-state index contributed by atoms with van der Waals surface area (Å²) in [7, 11) is 0. The van der Waals surface area contributed by atoms with Crippen LogP contribution < -0.4 is 15.8 Å². The van der Waals surface area contributed by atoms with E-state index in [1.54, 1.807) is 42.5 Å². The summed E-state index contributed by atoms with van der Waals surface area (Å²) >= 11 is 6.09. The number of nitrogens with one attached hydrogen (secondary N) is 1. The number of carbonyl (C=O) groups is 1. The van der Waals surface area contributed by atoms with Gasteiger partial charge in [0.15, 0.2) is 5.75 Å². The lowest BCUT2D eigenvalue weighted by molar-refractivity contribution is 0.102. The zero-order chi connectivity index (χ0) is 16.9. The van der Waals surface area contributed by atoms with Gasteiger partial charge in [-0.3, -0.25) is 4.79 Å². The van der Waals surface area contributed by atoms with Gasteiger partial charge in [0.05, 0.1) is 12.4 Å². The van der Waals surface area contributed by atoms with Crippen molar-refractivity contribution in [3.8, 4) is 11.5 Å². The highest BCUT2D eigenvalue weighted by Gasteiger charge is 2.09. The Bertz CT molecular complexity index is 871. The molecule has 3 N–H and O–H groups in total. The van der Waals surface area contributed by atoms with Crippen molar-refractivity contribution in [2.75, 3.05) is 11.1 Å². The van der Waals surface area contributed by atoms with E-state index in [0.717, 1.165) is 0 Å². The average molecular weight is 341 g/mol. The molecule has 0 unspecified atom stereocenters. The summed E-state index contributed by atoms with van der Waals surface area (Å²) in [6.07, 6.45) is 4.46. The zero-order valence-electron chi connectivity index (χ0n) is 12.4. The minimum absolute atomic E-state index is 0.293. The summed E-state index contributed by atoms with van der Waals surface area (Å²) in [6, 6.07) is 11.6. The molecule has 2 aromatic carbocycles. The Hall–Kier alpha value is -3.12. The van der Waals surface area contributed by atoms with E-state index < -0.39 is 0 Å². The SMILES string of the molecule is Nc1cccc(C(=O)Nc2cc(Cl)cc(Oc3cncnc3)c2)c1. The Labute approximate surface area is 143 Å². The van der Waals surface area contributed by atoms with Gasteiger partial charge >= 0.3 is 0 Å². The summed E-state index contributed by atoms with van der Waals surface area (Å²) in [5.41, 5.74) is 7.16. The predicted molar refractivity (Wildman–Crippen MR) is 92.4 cm³/mol. The highest BCUT2D eigenvalue weighted by atomic mass is 35.5. The number of benzene rings is 2. The lowest BCUT2D eigenvalue weighted by Crippen LogP contribution is -2.12. The van der Waals surface area contributed by atoms with Gasteiger partial charge in [-0.05, 0) is 30.3 Å². The van der Waals surface area contributed by atoms with Crippen LogP contribution in [0.25, 0.3) is 0 Å². The number of rotatable bonds is 4. The number of carbonyl (C=O) groups excluding carboxylic acids is 1. The Morgan fingerprint density at radius 1 is 1.08 bits per heavy atom. The molecule has 0 fully saturated rings. The number of hydrogen-bond acceptors (Lipinski definition) is 5. The summed E-state index contributed by atoms with van der Waals surface area (Å²) in [5.74, 6) is 0.631. The molecule has 120 valence electrons. The minimum Gasteiger partial charge on any atom is -0.454 e. The molecule has 0 aliphatic carbocycles. The molecule has 0 spiro atoms. The molecule has 24 heavy (non-hydrogen) atoms. The van der Waals surface area contributed by atoms with Crippen LogP contribution in [-0.4, -0.2) is 15.9 Å². The Morgan fingerprint density at radius 3 is 2.62 bits per heavy atom. The van der Waals surface area contributed by atoms with Gasteiger partial charge in [0, 0.05) is 28.0 Å². The molecular weight excluding hydrogens is 328 g/mol. The van der Waals surface area contributed by atoms with Gasteiger partial charge in [-0.15, -0.1) is 0 Å². The third kappa shape index (κ3) is 3.99. The molecule has 0 bridgehead atoms. The second-order valence-electron chi connectivity index (χ2n) is 4.93. The summed E-state index contributed by atoms with van der Waals surface area (Å²) < 4.78 is 5.63. The number of anilines is 2. The van der Waals surface area contributed by atoms with Crippen molar-refractivity contribution in [1.82, 2.24) is 9.97 Å². The van der Waals surface area contributed by atoms with Gasteiger partial charge in [0.1, 0.15) is 12.1 Å². The first-order chi connectivity index (χ1) is 11.6. The number of aromatic nitrogens is 2. The van der Waals surface area contributed by atoms with Crippen LogP contribution in [0.4, 0.5) is 11.4 Å². The predicted octanol–water partition coefficient (Wildman–Crippen LogP) is 3.76. The lowest BCUT2D eigenvalue weighted by atomic mass is 10.2. The topological polar surface area (TPSA) is 90.1 Å². The fourth-order valence-corrected chi connectivity index (χ4v) is 2.28. The van der Waals surface area contributed by atoms with Crippen molar-refractivity contribution in [1.29, 1.82) is 0 Å². The van der Waals surface area contributed by atoms with Gasteiger partial charge in [0.25, 0.3) is 5.91 Å². The molecule has 0 atom stereocenters. The van der Waals surface area contributed by atoms with Crippen molar-refractivity contribution >= 4 is 28.9 Å². The van der Waals surface area contributed by atoms with Crippen molar-refractivity contribution in [2.24, 2.45) is 0 Å².